The molecule has 1 atom stereocenters. The average molecular weight is 321 g/mol. The summed E-state index contributed by atoms with van der Waals surface area (Å²) < 4.78 is 5.25. The van der Waals surface area contributed by atoms with Gasteiger partial charge in [0, 0.05) is 18.0 Å². The molecular formula is C19H19N3O2. The fraction of sp³-hybridized carbons (Fsp3) is 0.263. The molecule has 2 heterocycles. The molecule has 0 aliphatic carbocycles. The molecule has 2 aromatic carbocycles. The minimum atomic E-state index is -0.0427. The van der Waals surface area contributed by atoms with Gasteiger partial charge in [-0.25, -0.2) is 0 Å². The summed E-state index contributed by atoms with van der Waals surface area (Å²) in [6, 6.07) is 16.1. The first-order valence-corrected chi connectivity index (χ1v) is 8.22. The topological polar surface area (TPSA) is 67.2 Å². The minimum absolute atomic E-state index is 0.0427. The third kappa shape index (κ3) is 2.90. The maximum atomic E-state index is 12.3. The Balaban J connectivity index is 1.41. The van der Waals surface area contributed by atoms with Gasteiger partial charge in [0.25, 0.3) is 0 Å². The number of nitrogens with zero attached hydrogens (tertiary/aromatic N) is 1. The first-order valence-electron chi connectivity index (χ1n) is 8.22. The lowest BCUT2D eigenvalue weighted by Crippen LogP contribution is -2.39. The van der Waals surface area contributed by atoms with Crippen LogP contribution >= 0.6 is 0 Å². The number of benzene rings is 2. The number of rotatable bonds is 4. The number of hydrogen-bond donors (Lipinski definition) is 2. The van der Waals surface area contributed by atoms with E-state index in [0.717, 1.165) is 18.4 Å². The third-order valence-electron chi connectivity index (χ3n) is 4.50. The minimum Gasteiger partial charge on any atom is -0.356 e. The molecule has 1 aromatic heterocycles. The van der Waals surface area contributed by atoms with Gasteiger partial charge >= 0.3 is 0 Å². The number of para-hydroxylation sites is 1. The lowest BCUT2D eigenvalue weighted by atomic mass is 9.94. The smallest absolute Gasteiger partial charge is 0.226 e. The zero-order valence-corrected chi connectivity index (χ0v) is 13.3. The number of nitrogens with one attached hydrogen (secondary N) is 2. The van der Waals surface area contributed by atoms with Gasteiger partial charge in [-0.3, -0.25) is 4.79 Å². The number of carbonyl (C=O) groups excluding carboxylic acids is 1. The molecule has 5 heteroatoms. The van der Waals surface area contributed by atoms with Gasteiger partial charge in [0.05, 0.1) is 6.42 Å². The van der Waals surface area contributed by atoms with Crippen molar-refractivity contribution in [1.82, 2.24) is 15.8 Å². The Bertz CT molecular complexity index is 872. The molecule has 1 aliphatic heterocycles. The van der Waals surface area contributed by atoms with Crippen LogP contribution < -0.4 is 10.6 Å². The second-order valence-corrected chi connectivity index (χ2v) is 6.06. The molecular weight excluding hydrogens is 302 g/mol. The van der Waals surface area contributed by atoms with E-state index in [1.165, 1.54) is 11.1 Å². The average Bonchev–Trinajstić information content (AvgIpc) is 3.03. The predicted molar refractivity (Wildman–Crippen MR) is 91.6 cm³/mol. The second-order valence-electron chi connectivity index (χ2n) is 6.06. The van der Waals surface area contributed by atoms with Gasteiger partial charge in [0.1, 0.15) is 5.69 Å². The Labute approximate surface area is 140 Å². The Morgan fingerprint density at radius 3 is 3.00 bits per heavy atom. The molecule has 0 saturated heterocycles. The fourth-order valence-corrected chi connectivity index (χ4v) is 3.27. The molecule has 4 rings (SSSR count). The summed E-state index contributed by atoms with van der Waals surface area (Å²) in [5.74, 6) is -0.0427. The highest BCUT2D eigenvalue weighted by Crippen LogP contribution is 2.22. The van der Waals surface area contributed by atoms with Gasteiger partial charge < -0.3 is 15.2 Å². The molecule has 3 aromatic rings. The number of carbonyl (C=O) groups is 1. The highest BCUT2D eigenvalue weighted by atomic mass is 16.5. The SMILES string of the molecule is O=C(Cc1noc2ccccc12)NCC1NCCc2ccccc21. The Morgan fingerprint density at radius 2 is 2.04 bits per heavy atom. The number of aromatic nitrogens is 1. The van der Waals surface area contributed by atoms with Crippen LogP contribution in [0.25, 0.3) is 11.0 Å². The molecule has 24 heavy (non-hydrogen) atoms. The largest absolute Gasteiger partial charge is 0.356 e. The Hall–Kier alpha value is -2.66. The van der Waals surface area contributed by atoms with Crippen LogP contribution in [-0.4, -0.2) is 24.2 Å². The molecule has 0 spiro atoms. The quantitative estimate of drug-likeness (QED) is 0.774. The molecule has 1 unspecified atom stereocenters. The Morgan fingerprint density at radius 1 is 1.21 bits per heavy atom. The van der Waals surface area contributed by atoms with Crippen LogP contribution in [0.4, 0.5) is 0 Å². The summed E-state index contributed by atoms with van der Waals surface area (Å²) in [5.41, 5.74) is 4.03. The van der Waals surface area contributed by atoms with Crippen LogP contribution in [0.3, 0.4) is 0 Å². The van der Waals surface area contributed by atoms with E-state index in [9.17, 15) is 4.79 Å². The first-order chi connectivity index (χ1) is 11.8. The van der Waals surface area contributed by atoms with Gasteiger partial charge in [0.2, 0.25) is 5.91 Å². The van der Waals surface area contributed by atoms with E-state index < -0.39 is 0 Å². The summed E-state index contributed by atoms with van der Waals surface area (Å²) in [7, 11) is 0. The van der Waals surface area contributed by atoms with Gasteiger partial charge in [-0.2, -0.15) is 0 Å². The van der Waals surface area contributed by atoms with E-state index in [2.05, 4.69) is 34.0 Å². The summed E-state index contributed by atoms with van der Waals surface area (Å²) in [4.78, 5) is 12.3. The van der Waals surface area contributed by atoms with Crippen LogP contribution in [0, 0.1) is 0 Å². The fourth-order valence-electron chi connectivity index (χ4n) is 3.27. The lowest BCUT2D eigenvalue weighted by molar-refractivity contribution is -0.120. The van der Waals surface area contributed by atoms with Gasteiger partial charge in [-0.15, -0.1) is 0 Å². The van der Waals surface area contributed by atoms with E-state index in [-0.39, 0.29) is 18.4 Å². The van der Waals surface area contributed by atoms with Crippen LogP contribution in [0.2, 0.25) is 0 Å². The highest BCUT2D eigenvalue weighted by Gasteiger charge is 2.20. The van der Waals surface area contributed by atoms with Gasteiger partial charge in [-0.1, -0.05) is 41.6 Å². The second kappa shape index (κ2) is 6.45. The summed E-state index contributed by atoms with van der Waals surface area (Å²) in [5, 5.41) is 11.4. The molecule has 122 valence electrons. The van der Waals surface area contributed by atoms with Crippen molar-refractivity contribution < 1.29 is 9.32 Å². The molecule has 0 saturated carbocycles. The first kappa shape index (κ1) is 14.9. The van der Waals surface area contributed by atoms with Gasteiger partial charge in [0.15, 0.2) is 5.58 Å². The van der Waals surface area contributed by atoms with Crippen molar-refractivity contribution in [3.05, 3.63) is 65.4 Å². The van der Waals surface area contributed by atoms with Crippen molar-refractivity contribution in [2.24, 2.45) is 0 Å². The summed E-state index contributed by atoms with van der Waals surface area (Å²) in [6.45, 7) is 1.51. The lowest BCUT2D eigenvalue weighted by Gasteiger charge is -2.27. The molecule has 0 bridgehead atoms. The van der Waals surface area contributed by atoms with Gasteiger partial charge in [-0.05, 0) is 36.2 Å². The van der Waals surface area contributed by atoms with Crippen molar-refractivity contribution in [2.75, 3.05) is 13.1 Å². The third-order valence-corrected chi connectivity index (χ3v) is 4.50. The molecule has 0 fully saturated rings. The van der Waals surface area contributed by atoms with Crippen molar-refractivity contribution in [3.63, 3.8) is 0 Å². The van der Waals surface area contributed by atoms with E-state index >= 15 is 0 Å². The molecule has 1 aliphatic rings. The zero-order valence-electron chi connectivity index (χ0n) is 13.3. The van der Waals surface area contributed by atoms with E-state index in [1.807, 2.05) is 30.3 Å². The van der Waals surface area contributed by atoms with Crippen molar-refractivity contribution >= 4 is 16.9 Å². The van der Waals surface area contributed by atoms with Crippen molar-refractivity contribution in [2.45, 2.75) is 18.9 Å². The van der Waals surface area contributed by atoms with E-state index in [4.69, 9.17) is 4.52 Å². The molecule has 2 N–H and O–H groups in total. The number of amides is 1. The van der Waals surface area contributed by atoms with Crippen LogP contribution in [0.15, 0.2) is 53.1 Å². The number of fused-ring (bicyclic) bond motifs is 2. The maximum Gasteiger partial charge on any atom is 0.226 e. The van der Waals surface area contributed by atoms with E-state index in [1.54, 1.807) is 0 Å². The summed E-state index contributed by atoms with van der Waals surface area (Å²) >= 11 is 0. The van der Waals surface area contributed by atoms with Crippen LogP contribution in [-0.2, 0) is 17.6 Å². The van der Waals surface area contributed by atoms with Crippen LogP contribution in [0.5, 0.6) is 0 Å². The molecule has 5 nitrogen and oxygen atoms in total. The van der Waals surface area contributed by atoms with E-state index in [0.29, 0.717) is 17.8 Å². The monoisotopic (exact) mass is 321 g/mol. The highest BCUT2D eigenvalue weighted by molar-refractivity contribution is 5.86. The predicted octanol–water partition coefficient (Wildman–Crippen LogP) is 2.37. The van der Waals surface area contributed by atoms with Crippen LogP contribution in [0.1, 0.15) is 22.9 Å². The van der Waals surface area contributed by atoms with Crippen molar-refractivity contribution in [3.8, 4) is 0 Å². The normalized spacial score (nSPS) is 16.8. The van der Waals surface area contributed by atoms with Crippen molar-refractivity contribution in [1.29, 1.82) is 0 Å². The molecule has 0 radical (unpaired) electrons. The summed E-state index contributed by atoms with van der Waals surface area (Å²) in [6.07, 6.45) is 1.26. The standard InChI is InChI=1S/C19H19N3O2/c23-19(11-16-15-7-3-4-8-18(15)24-22-16)21-12-17-14-6-2-1-5-13(14)9-10-20-17/h1-8,17,20H,9-12H2,(H,21,23). The maximum absolute atomic E-state index is 12.3. The number of hydrogen-bond acceptors (Lipinski definition) is 4. The molecule has 1 amide bonds. The Kier molecular flexibility index (Phi) is 4.01. The zero-order chi connectivity index (χ0) is 16.4.